The Morgan fingerprint density at radius 2 is 1.77 bits per heavy atom. The van der Waals surface area contributed by atoms with Gasteiger partial charge in [0.15, 0.2) is 0 Å². The molecular formula is C21H22ClNO2S. The average molecular weight is 388 g/mol. The first-order valence-corrected chi connectivity index (χ1v) is 9.99. The van der Waals surface area contributed by atoms with Crippen molar-refractivity contribution in [2.75, 3.05) is 0 Å². The lowest BCUT2D eigenvalue weighted by Crippen LogP contribution is -2.37. The maximum Gasteiger partial charge on any atom is 0.244 e. The van der Waals surface area contributed by atoms with Gasteiger partial charge < -0.3 is 10.4 Å². The predicted molar refractivity (Wildman–Crippen MR) is 107 cm³/mol. The van der Waals surface area contributed by atoms with Crippen LogP contribution in [0.25, 0.3) is 6.08 Å². The minimum Gasteiger partial charge on any atom is -0.393 e. The molecule has 3 rings (SSSR count). The number of carbonyl (C=O) groups is 1. The maximum atomic E-state index is 12.2. The first-order chi connectivity index (χ1) is 12.6. The molecule has 0 aliphatic heterocycles. The SMILES string of the molecule is O=C(/C=C/c1ccccc1Sc1ccc(Cl)cc1)NC1CCC(O)CC1. The molecule has 2 aromatic carbocycles. The van der Waals surface area contributed by atoms with Crippen molar-refractivity contribution in [3.8, 4) is 0 Å². The molecule has 26 heavy (non-hydrogen) atoms. The van der Waals surface area contributed by atoms with Crippen molar-refractivity contribution < 1.29 is 9.90 Å². The molecule has 2 aromatic rings. The predicted octanol–water partition coefficient (Wildman–Crippen LogP) is 4.92. The van der Waals surface area contributed by atoms with E-state index in [-0.39, 0.29) is 18.1 Å². The Hall–Kier alpha value is -1.75. The van der Waals surface area contributed by atoms with E-state index in [2.05, 4.69) is 5.32 Å². The molecule has 1 aliphatic carbocycles. The van der Waals surface area contributed by atoms with Gasteiger partial charge in [-0.1, -0.05) is 41.6 Å². The summed E-state index contributed by atoms with van der Waals surface area (Å²) < 4.78 is 0. The first kappa shape index (κ1) is 19.0. The molecular weight excluding hydrogens is 366 g/mol. The quantitative estimate of drug-likeness (QED) is 0.715. The van der Waals surface area contributed by atoms with Crippen molar-refractivity contribution in [2.24, 2.45) is 0 Å². The largest absolute Gasteiger partial charge is 0.393 e. The van der Waals surface area contributed by atoms with E-state index >= 15 is 0 Å². The lowest BCUT2D eigenvalue weighted by molar-refractivity contribution is -0.117. The van der Waals surface area contributed by atoms with Crippen LogP contribution in [-0.4, -0.2) is 23.2 Å². The fraction of sp³-hybridized carbons (Fsp3) is 0.286. The van der Waals surface area contributed by atoms with Gasteiger partial charge in [0.1, 0.15) is 0 Å². The third kappa shape index (κ3) is 5.63. The summed E-state index contributed by atoms with van der Waals surface area (Å²) in [4.78, 5) is 14.4. The van der Waals surface area contributed by atoms with Crippen molar-refractivity contribution in [3.63, 3.8) is 0 Å². The molecule has 136 valence electrons. The van der Waals surface area contributed by atoms with Crippen LogP contribution in [0, 0.1) is 0 Å². The van der Waals surface area contributed by atoms with Gasteiger partial charge in [-0.2, -0.15) is 0 Å². The second kappa shape index (κ2) is 9.26. The molecule has 0 saturated heterocycles. The van der Waals surface area contributed by atoms with Crippen molar-refractivity contribution >= 4 is 35.3 Å². The van der Waals surface area contributed by atoms with E-state index in [1.807, 2.05) is 54.6 Å². The number of hydrogen-bond donors (Lipinski definition) is 2. The van der Waals surface area contributed by atoms with Gasteiger partial charge in [0, 0.05) is 26.9 Å². The van der Waals surface area contributed by atoms with Gasteiger partial charge in [0.05, 0.1) is 6.10 Å². The molecule has 1 fully saturated rings. The van der Waals surface area contributed by atoms with Gasteiger partial charge in [0.2, 0.25) is 5.91 Å². The number of benzene rings is 2. The summed E-state index contributed by atoms with van der Waals surface area (Å²) in [7, 11) is 0. The van der Waals surface area contributed by atoms with E-state index in [1.165, 1.54) is 0 Å². The molecule has 0 spiro atoms. The first-order valence-electron chi connectivity index (χ1n) is 8.79. The number of carbonyl (C=O) groups excluding carboxylic acids is 1. The van der Waals surface area contributed by atoms with Crippen LogP contribution < -0.4 is 5.32 Å². The Labute approximate surface area is 163 Å². The van der Waals surface area contributed by atoms with E-state index in [0.29, 0.717) is 0 Å². The number of hydrogen-bond acceptors (Lipinski definition) is 3. The molecule has 0 atom stereocenters. The summed E-state index contributed by atoms with van der Waals surface area (Å²) >= 11 is 7.58. The van der Waals surface area contributed by atoms with E-state index in [9.17, 15) is 9.90 Å². The van der Waals surface area contributed by atoms with E-state index in [4.69, 9.17) is 11.6 Å². The van der Waals surface area contributed by atoms with Crippen LogP contribution >= 0.6 is 23.4 Å². The number of halogens is 1. The average Bonchev–Trinajstić information content (AvgIpc) is 2.65. The van der Waals surface area contributed by atoms with Gasteiger partial charge in [0.25, 0.3) is 0 Å². The normalized spacial score (nSPS) is 20.2. The zero-order chi connectivity index (χ0) is 18.4. The molecule has 0 aromatic heterocycles. The molecule has 0 heterocycles. The Balaban J connectivity index is 1.62. The highest BCUT2D eigenvalue weighted by atomic mass is 35.5. The van der Waals surface area contributed by atoms with Crippen molar-refractivity contribution in [2.45, 2.75) is 47.6 Å². The van der Waals surface area contributed by atoms with Gasteiger partial charge in [-0.25, -0.2) is 0 Å². The number of nitrogens with one attached hydrogen (secondary N) is 1. The molecule has 1 amide bonds. The smallest absolute Gasteiger partial charge is 0.244 e. The standard InChI is InChI=1S/C21H22ClNO2S/c22-16-6-12-19(13-7-16)26-20-4-2-1-3-15(20)5-14-21(25)23-17-8-10-18(24)11-9-17/h1-7,12-14,17-18,24H,8-11H2,(H,23,25)/b14-5+. The monoisotopic (exact) mass is 387 g/mol. The minimum absolute atomic E-state index is 0.0855. The molecule has 1 saturated carbocycles. The van der Waals surface area contributed by atoms with Crippen LogP contribution in [-0.2, 0) is 4.79 Å². The number of amides is 1. The number of rotatable bonds is 5. The molecule has 0 unspecified atom stereocenters. The summed E-state index contributed by atoms with van der Waals surface area (Å²) in [6, 6.07) is 15.9. The molecule has 0 radical (unpaired) electrons. The molecule has 0 bridgehead atoms. The summed E-state index contributed by atoms with van der Waals surface area (Å²) in [5.41, 5.74) is 1.00. The van der Waals surface area contributed by atoms with Crippen LogP contribution in [0.15, 0.2) is 64.4 Å². The second-order valence-corrected chi connectivity index (χ2v) is 7.99. The van der Waals surface area contributed by atoms with E-state index in [1.54, 1.807) is 17.8 Å². The third-order valence-corrected chi connectivity index (χ3v) is 5.77. The Morgan fingerprint density at radius 3 is 2.50 bits per heavy atom. The summed E-state index contributed by atoms with van der Waals surface area (Å²) in [6.45, 7) is 0. The fourth-order valence-electron chi connectivity index (χ4n) is 2.98. The zero-order valence-corrected chi connectivity index (χ0v) is 16.0. The summed E-state index contributed by atoms with van der Waals surface area (Å²) in [5, 5.41) is 13.3. The van der Waals surface area contributed by atoms with Crippen LogP contribution in [0.5, 0.6) is 0 Å². The van der Waals surface area contributed by atoms with Crippen LogP contribution in [0.1, 0.15) is 31.2 Å². The van der Waals surface area contributed by atoms with Gasteiger partial charge in [-0.3, -0.25) is 4.79 Å². The highest BCUT2D eigenvalue weighted by Crippen LogP contribution is 2.31. The lowest BCUT2D eigenvalue weighted by Gasteiger charge is -2.25. The van der Waals surface area contributed by atoms with Crippen LogP contribution in [0.2, 0.25) is 5.02 Å². The number of aliphatic hydroxyl groups excluding tert-OH is 1. The summed E-state index contributed by atoms with van der Waals surface area (Å²) in [5.74, 6) is -0.0855. The molecule has 2 N–H and O–H groups in total. The Kier molecular flexibility index (Phi) is 6.78. The highest BCUT2D eigenvalue weighted by molar-refractivity contribution is 7.99. The molecule has 1 aliphatic rings. The van der Waals surface area contributed by atoms with Gasteiger partial charge in [-0.05, 0) is 67.7 Å². The van der Waals surface area contributed by atoms with E-state index in [0.717, 1.165) is 46.1 Å². The molecule has 5 heteroatoms. The van der Waals surface area contributed by atoms with E-state index < -0.39 is 0 Å². The van der Waals surface area contributed by atoms with Gasteiger partial charge >= 0.3 is 0 Å². The van der Waals surface area contributed by atoms with Crippen molar-refractivity contribution in [1.82, 2.24) is 5.32 Å². The van der Waals surface area contributed by atoms with Crippen LogP contribution in [0.4, 0.5) is 0 Å². The lowest BCUT2D eigenvalue weighted by atomic mass is 9.93. The summed E-state index contributed by atoms with van der Waals surface area (Å²) in [6.07, 6.45) is 6.42. The van der Waals surface area contributed by atoms with Crippen molar-refractivity contribution in [1.29, 1.82) is 0 Å². The Bertz CT molecular complexity index is 768. The fourth-order valence-corrected chi connectivity index (χ4v) is 4.03. The third-order valence-electron chi connectivity index (χ3n) is 4.42. The minimum atomic E-state index is -0.213. The zero-order valence-electron chi connectivity index (χ0n) is 14.4. The van der Waals surface area contributed by atoms with Crippen LogP contribution in [0.3, 0.4) is 0 Å². The topological polar surface area (TPSA) is 49.3 Å². The molecule has 3 nitrogen and oxygen atoms in total. The maximum absolute atomic E-state index is 12.2. The Morgan fingerprint density at radius 1 is 1.08 bits per heavy atom. The number of aliphatic hydroxyl groups is 1. The highest BCUT2D eigenvalue weighted by Gasteiger charge is 2.19. The van der Waals surface area contributed by atoms with Crippen molar-refractivity contribution in [3.05, 3.63) is 65.2 Å². The second-order valence-electron chi connectivity index (χ2n) is 6.44. The van der Waals surface area contributed by atoms with Gasteiger partial charge in [-0.15, -0.1) is 0 Å².